The summed E-state index contributed by atoms with van der Waals surface area (Å²) < 4.78 is 6.35. The molecule has 0 radical (unpaired) electrons. The number of hydrogen-bond donors (Lipinski definition) is 2. The normalized spacial score (nSPS) is 10.6. The van der Waals surface area contributed by atoms with Gasteiger partial charge in [-0.3, -0.25) is 4.79 Å². The highest BCUT2D eigenvalue weighted by molar-refractivity contribution is 7.21. The molecule has 0 bridgehead atoms. The number of benzene rings is 3. The molecule has 0 unspecified atom stereocenters. The van der Waals surface area contributed by atoms with Crippen molar-refractivity contribution in [2.24, 2.45) is 0 Å². The monoisotopic (exact) mass is 389 g/mol. The Morgan fingerprint density at radius 1 is 0.964 bits per heavy atom. The van der Waals surface area contributed by atoms with Crippen LogP contribution in [0.1, 0.15) is 10.4 Å². The van der Waals surface area contributed by atoms with E-state index in [0.717, 1.165) is 37.9 Å². The van der Waals surface area contributed by atoms with Crippen molar-refractivity contribution >= 4 is 38.8 Å². The lowest BCUT2D eigenvalue weighted by atomic mass is 10.1. The van der Waals surface area contributed by atoms with Gasteiger partial charge >= 0.3 is 0 Å². The van der Waals surface area contributed by atoms with Crippen LogP contribution in [-0.2, 0) is 0 Å². The fraction of sp³-hybridized carbons (Fsp3) is 0.0909. The Morgan fingerprint density at radius 2 is 1.68 bits per heavy atom. The van der Waals surface area contributed by atoms with Crippen LogP contribution in [0.5, 0.6) is 5.75 Å². The lowest BCUT2D eigenvalue weighted by molar-refractivity contribution is 0.102. The van der Waals surface area contributed by atoms with Crippen molar-refractivity contribution in [2.45, 2.75) is 0 Å². The number of aromatic nitrogens is 1. The van der Waals surface area contributed by atoms with E-state index in [9.17, 15) is 4.79 Å². The predicted octanol–water partition coefficient (Wildman–Crippen LogP) is 5.27. The molecule has 1 heterocycles. The van der Waals surface area contributed by atoms with Crippen molar-refractivity contribution in [1.29, 1.82) is 0 Å². The molecular formula is C22H19N3O2S. The smallest absolute Gasteiger partial charge is 0.255 e. The summed E-state index contributed by atoms with van der Waals surface area (Å²) in [5.41, 5.74) is 4.28. The molecule has 3 aromatic carbocycles. The Hall–Kier alpha value is -3.38. The number of amides is 1. The molecule has 0 fully saturated rings. The minimum absolute atomic E-state index is 0.137. The molecule has 140 valence electrons. The fourth-order valence-electron chi connectivity index (χ4n) is 2.84. The molecule has 4 aromatic rings. The molecule has 1 aromatic heterocycles. The van der Waals surface area contributed by atoms with E-state index >= 15 is 0 Å². The van der Waals surface area contributed by atoms with E-state index in [-0.39, 0.29) is 5.91 Å². The Morgan fingerprint density at radius 3 is 2.36 bits per heavy atom. The van der Waals surface area contributed by atoms with Crippen LogP contribution in [-0.4, -0.2) is 25.0 Å². The van der Waals surface area contributed by atoms with Crippen LogP contribution in [0.4, 0.5) is 11.4 Å². The van der Waals surface area contributed by atoms with Gasteiger partial charge in [-0.05, 0) is 66.7 Å². The summed E-state index contributed by atoms with van der Waals surface area (Å²) in [6.45, 7) is 0. The van der Waals surface area contributed by atoms with E-state index in [4.69, 9.17) is 4.74 Å². The van der Waals surface area contributed by atoms with Crippen LogP contribution < -0.4 is 15.4 Å². The number of methoxy groups -OCH3 is 1. The second kappa shape index (κ2) is 7.70. The summed E-state index contributed by atoms with van der Waals surface area (Å²) in [6, 6.07) is 20.9. The summed E-state index contributed by atoms with van der Waals surface area (Å²) in [5.74, 6) is 0.686. The van der Waals surface area contributed by atoms with Gasteiger partial charge in [0.25, 0.3) is 5.91 Å². The first-order valence-electron chi connectivity index (χ1n) is 8.80. The van der Waals surface area contributed by atoms with E-state index in [1.165, 1.54) is 0 Å². The molecule has 6 heteroatoms. The quantitative estimate of drug-likeness (QED) is 0.488. The molecule has 0 aliphatic carbocycles. The number of nitrogens with zero attached hydrogens (tertiary/aromatic N) is 1. The number of carbonyl (C=O) groups excluding carboxylic acids is 1. The fourth-order valence-corrected chi connectivity index (χ4v) is 3.84. The summed E-state index contributed by atoms with van der Waals surface area (Å²) in [4.78, 5) is 17.1. The van der Waals surface area contributed by atoms with E-state index in [1.807, 2.05) is 61.6 Å². The first-order valence-corrected chi connectivity index (χ1v) is 9.62. The third-order valence-electron chi connectivity index (χ3n) is 4.42. The van der Waals surface area contributed by atoms with Crippen LogP contribution in [0, 0.1) is 0 Å². The zero-order valence-corrected chi connectivity index (χ0v) is 16.3. The second-order valence-corrected chi connectivity index (χ2v) is 7.24. The maximum Gasteiger partial charge on any atom is 0.255 e. The zero-order valence-electron chi connectivity index (χ0n) is 15.5. The van der Waals surface area contributed by atoms with Crippen LogP contribution in [0.25, 0.3) is 20.8 Å². The summed E-state index contributed by atoms with van der Waals surface area (Å²) in [6.07, 6.45) is 0. The molecule has 0 aliphatic rings. The number of anilines is 2. The number of carbonyl (C=O) groups is 1. The van der Waals surface area contributed by atoms with Crippen molar-refractivity contribution in [1.82, 2.24) is 4.98 Å². The van der Waals surface area contributed by atoms with Crippen LogP contribution in [0.3, 0.4) is 0 Å². The molecule has 28 heavy (non-hydrogen) atoms. The molecule has 4 rings (SSSR count). The van der Waals surface area contributed by atoms with E-state index in [1.54, 1.807) is 30.6 Å². The average Bonchev–Trinajstić information content (AvgIpc) is 3.17. The minimum atomic E-state index is -0.137. The number of fused-ring (bicyclic) bond motifs is 1. The Labute approximate surface area is 167 Å². The van der Waals surface area contributed by atoms with Gasteiger partial charge in [0.05, 0.1) is 17.3 Å². The molecule has 2 N–H and O–H groups in total. The van der Waals surface area contributed by atoms with Gasteiger partial charge in [0.15, 0.2) is 0 Å². The molecule has 0 atom stereocenters. The molecule has 0 spiro atoms. The van der Waals surface area contributed by atoms with Crippen LogP contribution >= 0.6 is 11.3 Å². The number of hydrogen-bond acceptors (Lipinski definition) is 5. The van der Waals surface area contributed by atoms with E-state index in [0.29, 0.717) is 5.56 Å². The van der Waals surface area contributed by atoms with Crippen molar-refractivity contribution in [2.75, 3.05) is 24.8 Å². The maximum absolute atomic E-state index is 12.4. The first-order chi connectivity index (χ1) is 13.7. The summed E-state index contributed by atoms with van der Waals surface area (Å²) in [7, 11) is 3.50. The number of nitrogens with one attached hydrogen (secondary N) is 2. The van der Waals surface area contributed by atoms with Gasteiger partial charge in [-0.25, -0.2) is 4.98 Å². The van der Waals surface area contributed by atoms with Gasteiger partial charge in [-0.2, -0.15) is 0 Å². The highest BCUT2D eigenvalue weighted by Crippen LogP contribution is 2.32. The second-order valence-electron chi connectivity index (χ2n) is 6.21. The van der Waals surface area contributed by atoms with Gasteiger partial charge in [-0.1, -0.05) is 0 Å². The lowest BCUT2D eigenvalue weighted by Crippen LogP contribution is -2.11. The molecule has 0 aliphatic heterocycles. The van der Waals surface area contributed by atoms with Crippen LogP contribution in [0.15, 0.2) is 66.7 Å². The number of rotatable bonds is 5. The average molecular weight is 389 g/mol. The Bertz CT molecular complexity index is 1120. The third kappa shape index (κ3) is 3.68. The van der Waals surface area contributed by atoms with Crippen LogP contribution in [0.2, 0.25) is 0 Å². The maximum atomic E-state index is 12.4. The first kappa shape index (κ1) is 18.0. The lowest BCUT2D eigenvalue weighted by Gasteiger charge is -2.07. The Balaban J connectivity index is 1.51. The zero-order chi connectivity index (χ0) is 19.5. The van der Waals surface area contributed by atoms with Gasteiger partial charge in [-0.15, -0.1) is 11.3 Å². The molecule has 0 saturated heterocycles. The third-order valence-corrected chi connectivity index (χ3v) is 5.49. The number of ether oxygens (including phenoxy) is 1. The predicted molar refractivity (Wildman–Crippen MR) is 116 cm³/mol. The Kier molecular flexibility index (Phi) is 4.95. The largest absolute Gasteiger partial charge is 0.497 e. The number of thiazole rings is 1. The van der Waals surface area contributed by atoms with Gasteiger partial charge in [0, 0.05) is 29.5 Å². The van der Waals surface area contributed by atoms with Gasteiger partial charge in [0.2, 0.25) is 0 Å². The summed E-state index contributed by atoms with van der Waals surface area (Å²) >= 11 is 1.62. The van der Waals surface area contributed by atoms with Crippen molar-refractivity contribution in [3.8, 4) is 16.3 Å². The topological polar surface area (TPSA) is 63.2 Å². The highest BCUT2D eigenvalue weighted by Gasteiger charge is 2.09. The van der Waals surface area contributed by atoms with Crippen molar-refractivity contribution < 1.29 is 9.53 Å². The van der Waals surface area contributed by atoms with Gasteiger partial charge < -0.3 is 15.4 Å². The molecule has 0 saturated carbocycles. The summed E-state index contributed by atoms with van der Waals surface area (Å²) in [5, 5.41) is 6.89. The standard InChI is InChI=1S/C22H19N3O2S/c1-23-16-7-3-14(4-8-16)21(26)24-17-9-5-15(6-10-17)22-25-19-12-11-18(27-2)13-20(19)28-22/h3-13,23H,1-2H3,(H,24,26). The minimum Gasteiger partial charge on any atom is -0.497 e. The molecule has 1 amide bonds. The molecule has 5 nitrogen and oxygen atoms in total. The van der Waals surface area contributed by atoms with Crippen molar-refractivity contribution in [3.63, 3.8) is 0 Å². The van der Waals surface area contributed by atoms with E-state index in [2.05, 4.69) is 15.6 Å². The molecular weight excluding hydrogens is 370 g/mol. The van der Waals surface area contributed by atoms with E-state index < -0.39 is 0 Å². The SMILES string of the molecule is CNc1ccc(C(=O)Nc2ccc(-c3nc4ccc(OC)cc4s3)cc2)cc1. The van der Waals surface area contributed by atoms with Crippen molar-refractivity contribution in [3.05, 3.63) is 72.3 Å². The highest BCUT2D eigenvalue weighted by atomic mass is 32.1. The van der Waals surface area contributed by atoms with Gasteiger partial charge in [0.1, 0.15) is 10.8 Å².